The molecular weight excluding hydrogens is 238 g/mol. The molecule has 1 heterocycles. The van der Waals surface area contributed by atoms with Crippen LogP contribution in [0.2, 0.25) is 0 Å². The topological polar surface area (TPSA) is 40.6 Å². The molecule has 0 bridgehead atoms. The molecule has 0 aliphatic rings. The van der Waals surface area contributed by atoms with Crippen LogP contribution in [0.15, 0.2) is 6.07 Å². The molecule has 2 rings (SSSR count). The van der Waals surface area contributed by atoms with E-state index in [1.165, 1.54) is 0 Å². The van der Waals surface area contributed by atoms with E-state index in [1.54, 1.807) is 32.7 Å². The van der Waals surface area contributed by atoms with E-state index in [0.717, 1.165) is 21.6 Å². The normalized spacial score (nSPS) is 10.6. The molecule has 0 saturated heterocycles. The summed E-state index contributed by atoms with van der Waals surface area (Å²) in [6.07, 6.45) is 0.910. The molecule has 0 amide bonds. The van der Waals surface area contributed by atoms with E-state index >= 15 is 0 Å². The van der Waals surface area contributed by atoms with Gasteiger partial charge in [-0.2, -0.15) is 0 Å². The van der Waals surface area contributed by atoms with E-state index in [9.17, 15) is 0 Å². The van der Waals surface area contributed by atoms with Gasteiger partial charge in [0.05, 0.1) is 31.9 Å². The molecular formula is C12H15NO3S. The molecule has 92 valence electrons. The fraction of sp³-hybridized carbons (Fsp3) is 0.417. The second-order valence-corrected chi connectivity index (χ2v) is 4.54. The lowest BCUT2D eigenvalue weighted by Crippen LogP contribution is -1.94. The highest BCUT2D eigenvalue weighted by atomic mass is 32.1. The molecule has 2 aromatic rings. The first kappa shape index (κ1) is 12.0. The van der Waals surface area contributed by atoms with E-state index in [1.807, 2.05) is 6.07 Å². The van der Waals surface area contributed by atoms with Gasteiger partial charge in [0.2, 0.25) is 5.75 Å². The maximum atomic E-state index is 5.42. The average Bonchev–Trinajstić information content (AvgIpc) is 2.78. The van der Waals surface area contributed by atoms with Gasteiger partial charge in [-0.05, 0) is 6.42 Å². The minimum absolute atomic E-state index is 0.619. The van der Waals surface area contributed by atoms with Gasteiger partial charge in [0.15, 0.2) is 11.5 Å². The number of thiazole rings is 1. The molecule has 0 spiro atoms. The van der Waals surface area contributed by atoms with Gasteiger partial charge in [0, 0.05) is 6.07 Å². The molecule has 4 nitrogen and oxygen atoms in total. The van der Waals surface area contributed by atoms with Crippen molar-refractivity contribution in [2.45, 2.75) is 13.3 Å². The number of hydrogen-bond donors (Lipinski definition) is 0. The van der Waals surface area contributed by atoms with Crippen molar-refractivity contribution in [1.82, 2.24) is 4.98 Å². The molecule has 5 heteroatoms. The number of nitrogens with zero attached hydrogens (tertiary/aromatic N) is 1. The van der Waals surface area contributed by atoms with Crippen LogP contribution in [0.5, 0.6) is 17.2 Å². The molecule has 0 unspecified atom stereocenters. The zero-order valence-corrected chi connectivity index (χ0v) is 11.2. The van der Waals surface area contributed by atoms with E-state index in [2.05, 4.69) is 11.9 Å². The first-order chi connectivity index (χ1) is 8.24. The summed E-state index contributed by atoms with van der Waals surface area (Å²) in [5.74, 6) is 1.96. The Morgan fingerprint density at radius 3 is 2.35 bits per heavy atom. The summed E-state index contributed by atoms with van der Waals surface area (Å²) in [7, 11) is 4.84. The molecule has 1 aromatic carbocycles. The van der Waals surface area contributed by atoms with Crippen LogP contribution in [0.3, 0.4) is 0 Å². The van der Waals surface area contributed by atoms with E-state index < -0.39 is 0 Å². The zero-order valence-electron chi connectivity index (χ0n) is 10.4. The lowest BCUT2D eigenvalue weighted by Gasteiger charge is -2.11. The molecule has 0 N–H and O–H groups in total. The van der Waals surface area contributed by atoms with E-state index in [-0.39, 0.29) is 0 Å². The summed E-state index contributed by atoms with van der Waals surface area (Å²) in [6.45, 7) is 2.08. The van der Waals surface area contributed by atoms with Crippen molar-refractivity contribution in [3.8, 4) is 17.2 Å². The highest BCUT2D eigenvalue weighted by Crippen LogP contribution is 2.45. The summed E-state index contributed by atoms with van der Waals surface area (Å²) in [4.78, 5) is 4.53. The number of aryl methyl sites for hydroxylation is 1. The highest BCUT2D eigenvalue weighted by molar-refractivity contribution is 7.19. The maximum Gasteiger partial charge on any atom is 0.204 e. The van der Waals surface area contributed by atoms with E-state index in [0.29, 0.717) is 17.2 Å². The standard InChI is InChI=1S/C12H15NO3S/c1-5-9-13-7-6-8(14-2)10(15-3)11(16-4)12(7)17-9/h6H,5H2,1-4H3. The van der Waals surface area contributed by atoms with Gasteiger partial charge in [-0.25, -0.2) is 4.98 Å². The molecule has 1 aromatic heterocycles. The van der Waals surface area contributed by atoms with Crippen molar-refractivity contribution in [1.29, 1.82) is 0 Å². The first-order valence-corrected chi connectivity index (χ1v) is 6.15. The Morgan fingerprint density at radius 2 is 1.82 bits per heavy atom. The van der Waals surface area contributed by atoms with Crippen LogP contribution in [0.4, 0.5) is 0 Å². The predicted molar refractivity (Wildman–Crippen MR) is 68.7 cm³/mol. The van der Waals surface area contributed by atoms with Gasteiger partial charge >= 0.3 is 0 Å². The number of benzene rings is 1. The fourth-order valence-corrected chi connectivity index (χ4v) is 2.73. The van der Waals surface area contributed by atoms with Gasteiger partial charge in [-0.1, -0.05) is 6.92 Å². The van der Waals surface area contributed by atoms with Crippen LogP contribution in [0, 0.1) is 0 Å². The van der Waals surface area contributed by atoms with Crippen molar-refractivity contribution in [3.05, 3.63) is 11.1 Å². The third-order valence-electron chi connectivity index (χ3n) is 2.53. The highest BCUT2D eigenvalue weighted by Gasteiger charge is 2.18. The van der Waals surface area contributed by atoms with Crippen LogP contribution in [0.25, 0.3) is 10.2 Å². The molecule has 0 radical (unpaired) electrons. The Labute approximate surface area is 104 Å². The average molecular weight is 253 g/mol. The summed E-state index contributed by atoms with van der Waals surface area (Å²) in [5, 5.41) is 1.08. The maximum absolute atomic E-state index is 5.42. The van der Waals surface area contributed by atoms with Crippen LogP contribution >= 0.6 is 11.3 Å². The Bertz CT molecular complexity index is 536. The Balaban J connectivity index is 2.76. The molecule has 17 heavy (non-hydrogen) atoms. The second kappa shape index (κ2) is 4.79. The Hall–Kier alpha value is -1.49. The summed E-state index contributed by atoms with van der Waals surface area (Å²) in [5.41, 5.74) is 0.890. The lowest BCUT2D eigenvalue weighted by atomic mass is 10.2. The van der Waals surface area contributed by atoms with Crippen LogP contribution in [0.1, 0.15) is 11.9 Å². The number of methoxy groups -OCH3 is 3. The molecule has 0 fully saturated rings. The molecule has 0 aliphatic carbocycles. The van der Waals surface area contributed by atoms with Gasteiger partial charge in [-0.15, -0.1) is 11.3 Å². The van der Waals surface area contributed by atoms with E-state index in [4.69, 9.17) is 14.2 Å². The van der Waals surface area contributed by atoms with Gasteiger partial charge < -0.3 is 14.2 Å². The van der Waals surface area contributed by atoms with Gasteiger partial charge in [0.25, 0.3) is 0 Å². The minimum Gasteiger partial charge on any atom is -0.493 e. The van der Waals surface area contributed by atoms with Crippen molar-refractivity contribution < 1.29 is 14.2 Å². The summed E-state index contributed by atoms with van der Waals surface area (Å²) >= 11 is 1.63. The predicted octanol–water partition coefficient (Wildman–Crippen LogP) is 2.88. The number of hydrogen-bond acceptors (Lipinski definition) is 5. The smallest absolute Gasteiger partial charge is 0.204 e. The summed E-state index contributed by atoms with van der Waals surface area (Å²) < 4.78 is 17.0. The number of ether oxygens (including phenoxy) is 3. The number of fused-ring (bicyclic) bond motifs is 1. The lowest BCUT2D eigenvalue weighted by molar-refractivity contribution is 0.327. The van der Waals surface area contributed by atoms with Crippen molar-refractivity contribution in [2.75, 3.05) is 21.3 Å². The molecule has 0 aliphatic heterocycles. The monoisotopic (exact) mass is 253 g/mol. The number of aromatic nitrogens is 1. The minimum atomic E-state index is 0.619. The van der Waals surface area contributed by atoms with Gasteiger partial charge in [0.1, 0.15) is 4.70 Å². The SMILES string of the molecule is CCc1nc2cc(OC)c(OC)c(OC)c2s1. The Kier molecular flexibility index (Phi) is 3.38. The third-order valence-corrected chi connectivity index (χ3v) is 3.75. The largest absolute Gasteiger partial charge is 0.493 e. The molecule has 0 saturated carbocycles. The quantitative estimate of drug-likeness (QED) is 0.840. The second-order valence-electron chi connectivity index (χ2n) is 3.45. The van der Waals surface area contributed by atoms with Crippen LogP contribution in [-0.2, 0) is 6.42 Å². The first-order valence-electron chi connectivity index (χ1n) is 5.33. The number of rotatable bonds is 4. The van der Waals surface area contributed by atoms with Crippen molar-refractivity contribution >= 4 is 21.6 Å². The summed E-state index contributed by atoms with van der Waals surface area (Å²) in [6, 6.07) is 1.88. The zero-order chi connectivity index (χ0) is 12.4. The van der Waals surface area contributed by atoms with Crippen LogP contribution < -0.4 is 14.2 Å². The third kappa shape index (κ3) is 1.91. The van der Waals surface area contributed by atoms with Gasteiger partial charge in [-0.3, -0.25) is 0 Å². The Morgan fingerprint density at radius 1 is 1.12 bits per heavy atom. The van der Waals surface area contributed by atoms with Crippen molar-refractivity contribution in [2.24, 2.45) is 0 Å². The van der Waals surface area contributed by atoms with Crippen molar-refractivity contribution in [3.63, 3.8) is 0 Å². The molecule has 0 atom stereocenters. The fourth-order valence-electron chi connectivity index (χ4n) is 1.72. The van der Waals surface area contributed by atoms with Crippen LogP contribution in [-0.4, -0.2) is 26.3 Å².